The van der Waals surface area contributed by atoms with Gasteiger partial charge in [0.1, 0.15) is 47.0 Å². The Morgan fingerprint density at radius 2 is 1.31 bits per heavy atom. The molecule has 0 unspecified atom stereocenters. The summed E-state index contributed by atoms with van der Waals surface area (Å²) in [5, 5.41) is 2.93. The van der Waals surface area contributed by atoms with Crippen LogP contribution in [0.25, 0.3) is 0 Å². The van der Waals surface area contributed by atoms with Crippen LogP contribution < -0.4 is 29.2 Å². The molecule has 0 atom stereocenters. The number of nitrogens with one attached hydrogen (secondary N) is 1. The van der Waals surface area contributed by atoms with E-state index in [0.717, 1.165) is 28.2 Å². The highest BCUT2D eigenvalue weighted by Gasteiger charge is 2.14. The quantitative estimate of drug-likeness (QED) is 0.117. The highest BCUT2D eigenvalue weighted by molar-refractivity contribution is 5.94. The third kappa shape index (κ3) is 9.78. The van der Waals surface area contributed by atoms with E-state index in [2.05, 4.69) is 25.2 Å². The summed E-state index contributed by atoms with van der Waals surface area (Å²) in [6, 6.07) is 28.2. The van der Waals surface area contributed by atoms with Crippen LogP contribution in [0.1, 0.15) is 38.6 Å². The van der Waals surface area contributed by atoms with Crippen molar-refractivity contribution in [3.63, 3.8) is 0 Å². The van der Waals surface area contributed by atoms with Gasteiger partial charge in [0, 0.05) is 61.0 Å². The molecule has 52 heavy (non-hydrogen) atoms. The largest absolute Gasteiger partial charge is 0.497 e. The number of aromatic nitrogens is 4. The topological polar surface area (TPSA) is 121 Å². The van der Waals surface area contributed by atoms with Crippen molar-refractivity contribution >= 4 is 11.9 Å². The number of nitrogens with zero attached hydrogens (tertiary/aromatic N) is 5. The van der Waals surface area contributed by atoms with Crippen LogP contribution in [0.3, 0.4) is 0 Å². The number of benzene rings is 4. The van der Waals surface area contributed by atoms with E-state index in [-0.39, 0.29) is 24.8 Å². The fourth-order valence-corrected chi connectivity index (χ4v) is 5.16. The molecule has 6 aromatic rings. The van der Waals surface area contributed by atoms with Gasteiger partial charge in [0.2, 0.25) is 5.95 Å². The summed E-state index contributed by atoms with van der Waals surface area (Å²) in [5.74, 6) is 2.90. The Bertz CT molecular complexity index is 2030. The molecule has 0 aliphatic carbocycles. The van der Waals surface area contributed by atoms with E-state index in [1.165, 1.54) is 12.1 Å². The van der Waals surface area contributed by atoms with Crippen LogP contribution in [-0.2, 0) is 26.2 Å². The molecule has 2 aromatic heterocycles. The zero-order valence-corrected chi connectivity index (χ0v) is 29.0. The van der Waals surface area contributed by atoms with Crippen molar-refractivity contribution in [1.82, 2.24) is 25.3 Å². The number of methoxy groups -OCH3 is 2. The van der Waals surface area contributed by atoms with Gasteiger partial charge >= 0.3 is 0 Å². The Morgan fingerprint density at radius 1 is 0.712 bits per heavy atom. The van der Waals surface area contributed by atoms with Crippen molar-refractivity contribution in [3.05, 3.63) is 155 Å². The lowest BCUT2D eigenvalue weighted by Crippen LogP contribution is -2.26. The number of carbonyl (C=O) groups is 1. The zero-order chi connectivity index (χ0) is 36.3. The van der Waals surface area contributed by atoms with Gasteiger partial charge in [0.25, 0.3) is 5.91 Å². The lowest BCUT2D eigenvalue weighted by Gasteiger charge is -2.23. The van der Waals surface area contributed by atoms with Gasteiger partial charge < -0.3 is 29.2 Å². The first-order valence-corrected chi connectivity index (χ1v) is 16.4. The number of hydrogen-bond acceptors (Lipinski definition) is 10. The van der Waals surface area contributed by atoms with E-state index in [1.807, 2.05) is 48.5 Å². The molecular weight excluding hydrogens is 663 g/mol. The SMILES string of the molecule is COc1ccc(CN(Cc2ccc(OC)cc2)c2nccc(CNC(=O)c3ccc(Oc4cc(F)cc(OCc5cnc(C)nc5)c4)cc3)n2)cc1. The number of carbonyl (C=O) groups excluding carboxylic acids is 1. The van der Waals surface area contributed by atoms with Gasteiger partial charge in [-0.15, -0.1) is 0 Å². The van der Waals surface area contributed by atoms with Crippen LogP contribution in [0.4, 0.5) is 10.3 Å². The molecular formula is C40H37FN6O5. The average Bonchev–Trinajstić information content (AvgIpc) is 3.17. The predicted molar refractivity (Wildman–Crippen MR) is 193 cm³/mol. The Kier molecular flexibility index (Phi) is 11.5. The van der Waals surface area contributed by atoms with Gasteiger partial charge in [0.15, 0.2) is 0 Å². The van der Waals surface area contributed by atoms with Crippen molar-refractivity contribution in [2.75, 3.05) is 19.1 Å². The minimum absolute atomic E-state index is 0.176. The number of amides is 1. The number of ether oxygens (including phenoxy) is 4. The lowest BCUT2D eigenvalue weighted by molar-refractivity contribution is 0.0950. The fraction of sp³-hybridized carbons (Fsp3) is 0.175. The maximum Gasteiger partial charge on any atom is 0.251 e. The highest BCUT2D eigenvalue weighted by atomic mass is 19.1. The lowest BCUT2D eigenvalue weighted by atomic mass is 10.1. The third-order valence-electron chi connectivity index (χ3n) is 7.92. The molecule has 12 heteroatoms. The molecule has 1 N–H and O–H groups in total. The summed E-state index contributed by atoms with van der Waals surface area (Å²) in [6.07, 6.45) is 5.00. The van der Waals surface area contributed by atoms with Crippen molar-refractivity contribution < 1.29 is 28.1 Å². The molecule has 264 valence electrons. The first-order valence-electron chi connectivity index (χ1n) is 16.4. The fourth-order valence-electron chi connectivity index (χ4n) is 5.16. The summed E-state index contributed by atoms with van der Waals surface area (Å²) in [5.41, 5.74) is 3.94. The standard InChI is InChI=1S/C40H37FN6O5/c1-27-43-21-30(22-44-27)26-51-37-18-32(41)19-38(20-37)52-36-14-8-31(9-15-36)39(48)45-23-33-16-17-42-40(46-33)47(24-28-4-10-34(49-2)11-5-28)25-29-6-12-35(50-3)13-7-29/h4-22H,23-26H2,1-3H3,(H,45,48). The van der Waals surface area contributed by atoms with E-state index in [9.17, 15) is 9.18 Å². The Hall–Kier alpha value is -6.56. The van der Waals surface area contributed by atoms with E-state index >= 15 is 0 Å². The molecule has 2 heterocycles. The number of aryl methyl sites for hydroxylation is 1. The summed E-state index contributed by atoms with van der Waals surface area (Å²) in [6.45, 7) is 3.25. The van der Waals surface area contributed by atoms with Crippen LogP contribution >= 0.6 is 0 Å². The number of hydrogen-bond donors (Lipinski definition) is 1. The Morgan fingerprint density at radius 3 is 1.92 bits per heavy atom. The first-order chi connectivity index (χ1) is 25.3. The number of rotatable bonds is 15. The van der Waals surface area contributed by atoms with Crippen LogP contribution in [0.2, 0.25) is 0 Å². The van der Waals surface area contributed by atoms with E-state index in [0.29, 0.717) is 47.6 Å². The van der Waals surface area contributed by atoms with Crippen LogP contribution in [-0.4, -0.2) is 40.1 Å². The van der Waals surface area contributed by atoms with Crippen molar-refractivity contribution in [3.8, 4) is 28.7 Å². The second kappa shape index (κ2) is 16.9. The molecule has 1 amide bonds. The molecule has 0 saturated carbocycles. The normalized spacial score (nSPS) is 10.7. The van der Waals surface area contributed by atoms with Crippen molar-refractivity contribution in [1.29, 1.82) is 0 Å². The summed E-state index contributed by atoms with van der Waals surface area (Å²) in [4.78, 5) is 32.8. The summed E-state index contributed by atoms with van der Waals surface area (Å²) < 4.78 is 36.6. The molecule has 4 aromatic carbocycles. The molecule has 0 spiro atoms. The summed E-state index contributed by atoms with van der Waals surface area (Å²) in [7, 11) is 3.28. The molecule has 0 saturated heterocycles. The number of anilines is 1. The average molecular weight is 701 g/mol. The van der Waals surface area contributed by atoms with E-state index in [1.54, 1.807) is 76.1 Å². The molecule has 6 rings (SSSR count). The maximum atomic E-state index is 14.4. The van der Waals surface area contributed by atoms with Gasteiger partial charge in [-0.05, 0) is 72.6 Å². The van der Waals surface area contributed by atoms with Gasteiger partial charge in [-0.25, -0.2) is 24.3 Å². The molecule has 0 bridgehead atoms. The highest BCUT2D eigenvalue weighted by Crippen LogP contribution is 2.28. The Balaban J connectivity index is 1.08. The number of halogens is 1. The first kappa shape index (κ1) is 35.3. The second-order valence-electron chi connectivity index (χ2n) is 11.8. The minimum Gasteiger partial charge on any atom is -0.497 e. The van der Waals surface area contributed by atoms with Gasteiger partial charge in [-0.3, -0.25) is 4.79 Å². The van der Waals surface area contributed by atoms with Crippen LogP contribution in [0, 0.1) is 12.7 Å². The van der Waals surface area contributed by atoms with Crippen LogP contribution in [0.5, 0.6) is 28.7 Å². The molecule has 0 fully saturated rings. The van der Waals surface area contributed by atoms with Crippen molar-refractivity contribution in [2.45, 2.75) is 33.2 Å². The van der Waals surface area contributed by atoms with E-state index < -0.39 is 5.82 Å². The monoisotopic (exact) mass is 700 g/mol. The van der Waals surface area contributed by atoms with E-state index in [4.69, 9.17) is 23.9 Å². The Labute approximate surface area is 301 Å². The van der Waals surface area contributed by atoms with Gasteiger partial charge in [-0.1, -0.05) is 24.3 Å². The molecule has 0 radical (unpaired) electrons. The molecule has 0 aliphatic rings. The smallest absolute Gasteiger partial charge is 0.251 e. The maximum absolute atomic E-state index is 14.4. The predicted octanol–water partition coefficient (Wildman–Crippen LogP) is 7.24. The minimum atomic E-state index is -0.513. The van der Waals surface area contributed by atoms with Gasteiger partial charge in [-0.2, -0.15) is 0 Å². The molecule has 11 nitrogen and oxygen atoms in total. The molecule has 0 aliphatic heterocycles. The van der Waals surface area contributed by atoms with Crippen molar-refractivity contribution in [2.24, 2.45) is 0 Å². The van der Waals surface area contributed by atoms with Gasteiger partial charge in [0.05, 0.1) is 26.5 Å². The third-order valence-corrected chi connectivity index (χ3v) is 7.92. The zero-order valence-electron chi connectivity index (χ0n) is 29.0. The second-order valence-corrected chi connectivity index (χ2v) is 11.8. The summed E-state index contributed by atoms with van der Waals surface area (Å²) >= 11 is 0. The van der Waals surface area contributed by atoms with Crippen LogP contribution in [0.15, 0.2) is 116 Å².